The summed E-state index contributed by atoms with van der Waals surface area (Å²) >= 11 is 2.74. The lowest BCUT2D eigenvalue weighted by Gasteiger charge is -2.22. The van der Waals surface area contributed by atoms with Gasteiger partial charge in [-0.1, -0.05) is 29.5 Å². The topological polar surface area (TPSA) is 36.4 Å². The number of aromatic nitrogens is 1. The van der Waals surface area contributed by atoms with Gasteiger partial charge in [-0.15, -0.1) is 11.8 Å². The molecular weight excluding hydrogens is 400 g/mol. The van der Waals surface area contributed by atoms with E-state index in [0.717, 1.165) is 22.3 Å². The van der Waals surface area contributed by atoms with Gasteiger partial charge in [0.15, 0.2) is 10.9 Å². The first-order valence-electron chi connectivity index (χ1n) is 8.82. The molecule has 0 N–H and O–H groups in total. The van der Waals surface area contributed by atoms with Crippen molar-refractivity contribution < 1.29 is 13.6 Å². The van der Waals surface area contributed by atoms with Crippen molar-refractivity contribution in [1.29, 1.82) is 0 Å². The van der Waals surface area contributed by atoms with Gasteiger partial charge in [0.1, 0.15) is 11.3 Å². The molecule has 1 heterocycles. The molecule has 0 unspecified atom stereocenters. The number of carbonyl (C=O) groups is 1. The first-order chi connectivity index (χ1) is 13.4. The fourth-order valence-electron chi connectivity index (χ4n) is 2.60. The number of carbonyl (C=O) groups excluding carboxylic acids is 1. The van der Waals surface area contributed by atoms with E-state index in [0.29, 0.717) is 35.1 Å². The van der Waals surface area contributed by atoms with E-state index in [1.165, 1.54) is 6.07 Å². The van der Waals surface area contributed by atoms with Gasteiger partial charge in [-0.25, -0.2) is 13.8 Å². The summed E-state index contributed by atoms with van der Waals surface area (Å²) in [5.74, 6) is -0.803. The zero-order chi connectivity index (χ0) is 20.1. The Balaban J connectivity index is 1.76. The SMILES string of the molecule is CN(C)CCN(C(=O)CCSc1ccccc1)c1nc2c(F)cc(F)cc2s1. The van der Waals surface area contributed by atoms with Crippen LogP contribution in [0.3, 0.4) is 0 Å². The van der Waals surface area contributed by atoms with E-state index in [9.17, 15) is 13.6 Å². The normalized spacial score (nSPS) is 11.3. The molecule has 0 saturated carbocycles. The van der Waals surface area contributed by atoms with E-state index in [1.54, 1.807) is 16.7 Å². The number of hydrogen-bond donors (Lipinski definition) is 0. The van der Waals surface area contributed by atoms with Crippen LogP contribution in [0.15, 0.2) is 47.4 Å². The number of fused-ring (bicyclic) bond motifs is 1. The zero-order valence-corrected chi connectivity index (χ0v) is 17.3. The van der Waals surface area contributed by atoms with Crippen LogP contribution >= 0.6 is 23.1 Å². The Hall–Kier alpha value is -2.03. The number of nitrogens with zero attached hydrogens (tertiary/aromatic N) is 3. The monoisotopic (exact) mass is 421 g/mol. The molecule has 28 heavy (non-hydrogen) atoms. The molecule has 3 aromatic rings. The summed E-state index contributed by atoms with van der Waals surface area (Å²) in [6.45, 7) is 1.08. The van der Waals surface area contributed by atoms with Gasteiger partial charge in [-0.3, -0.25) is 9.69 Å². The number of anilines is 1. The van der Waals surface area contributed by atoms with Crippen LogP contribution in [0.25, 0.3) is 10.2 Å². The molecule has 148 valence electrons. The summed E-state index contributed by atoms with van der Waals surface area (Å²) < 4.78 is 27.9. The Morgan fingerprint density at radius 1 is 1.14 bits per heavy atom. The molecule has 3 rings (SSSR count). The van der Waals surface area contributed by atoms with Crippen molar-refractivity contribution in [2.75, 3.05) is 37.8 Å². The van der Waals surface area contributed by atoms with Crippen LogP contribution in [0.5, 0.6) is 0 Å². The Bertz CT molecular complexity index is 947. The fourth-order valence-corrected chi connectivity index (χ4v) is 4.51. The molecule has 1 amide bonds. The standard InChI is InChI=1S/C20H21F2N3OS2/c1-24(2)9-10-25(18(26)8-11-27-15-6-4-3-5-7-15)20-23-19-16(22)12-14(21)13-17(19)28-20/h3-7,12-13H,8-11H2,1-2H3. The molecule has 8 heteroatoms. The van der Waals surface area contributed by atoms with Gasteiger partial charge in [0.05, 0.1) is 4.70 Å². The quantitative estimate of drug-likeness (QED) is 0.496. The predicted octanol–water partition coefficient (Wildman–Crippen LogP) is 4.65. The van der Waals surface area contributed by atoms with Crippen molar-refractivity contribution >= 4 is 44.4 Å². The van der Waals surface area contributed by atoms with Gasteiger partial charge in [0.2, 0.25) is 5.91 Å². The van der Waals surface area contributed by atoms with Crippen LogP contribution in [-0.2, 0) is 4.79 Å². The van der Waals surface area contributed by atoms with Crippen LogP contribution in [0.2, 0.25) is 0 Å². The predicted molar refractivity (Wildman–Crippen MR) is 112 cm³/mol. The van der Waals surface area contributed by atoms with Gasteiger partial charge in [-0.05, 0) is 32.3 Å². The third-order valence-electron chi connectivity index (χ3n) is 4.03. The Kier molecular flexibility index (Phi) is 6.98. The van der Waals surface area contributed by atoms with Crippen molar-refractivity contribution in [2.45, 2.75) is 11.3 Å². The van der Waals surface area contributed by atoms with Crippen molar-refractivity contribution in [3.63, 3.8) is 0 Å². The molecule has 0 aliphatic carbocycles. The highest BCUT2D eigenvalue weighted by atomic mass is 32.2. The molecule has 0 aliphatic heterocycles. The van der Waals surface area contributed by atoms with E-state index < -0.39 is 11.6 Å². The molecular formula is C20H21F2N3OS2. The van der Waals surface area contributed by atoms with Crippen LogP contribution in [0, 0.1) is 11.6 Å². The summed E-state index contributed by atoms with van der Waals surface area (Å²) in [5.41, 5.74) is 0.0997. The first kappa shape index (κ1) is 20.7. The van der Waals surface area contributed by atoms with E-state index in [4.69, 9.17) is 0 Å². The van der Waals surface area contributed by atoms with Crippen molar-refractivity contribution in [2.24, 2.45) is 0 Å². The number of hydrogen-bond acceptors (Lipinski definition) is 5. The highest BCUT2D eigenvalue weighted by molar-refractivity contribution is 7.99. The largest absolute Gasteiger partial charge is 0.308 e. The molecule has 0 radical (unpaired) electrons. The molecule has 1 aromatic heterocycles. The maximum Gasteiger partial charge on any atom is 0.229 e. The maximum atomic E-state index is 14.0. The Morgan fingerprint density at radius 2 is 1.89 bits per heavy atom. The molecule has 4 nitrogen and oxygen atoms in total. The fraction of sp³-hybridized carbons (Fsp3) is 0.300. The highest BCUT2D eigenvalue weighted by Gasteiger charge is 2.21. The summed E-state index contributed by atoms with van der Waals surface area (Å²) in [6, 6.07) is 11.9. The third kappa shape index (κ3) is 5.27. The minimum Gasteiger partial charge on any atom is -0.308 e. The van der Waals surface area contributed by atoms with Crippen molar-refractivity contribution in [3.8, 4) is 0 Å². The van der Waals surface area contributed by atoms with Crippen LogP contribution in [0.1, 0.15) is 6.42 Å². The second-order valence-corrected chi connectivity index (χ2v) is 8.67. The first-order valence-corrected chi connectivity index (χ1v) is 10.6. The van der Waals surface area contributed by atoms with E-state index in [-0.39, 0.29) is 11.4 Å². The number of halogens is 2. The number of benzene rings is 2. The molecule has 0 bridgehead atoms. The Labute approximate surface area is 171 Å². The number of rotatable bonds is 8. The molecule has 2 aromatic carbocycles. The molecule has 0 spiro atoms. The number of likely N-dealkylation sites (N-methyl/N-ethyl adjacent to an activating group) is 1. The minimum absolute atomic E-state index is 0.0785. The molecule has 0 atom stereocenters. The third-order valence-corrected chi connectivity index (χ3v) is 6.07. The minimum atomic E-state index is -0.711. The summed E-state index contributed by atoms with van der Waals surface area (Å²) in [5, 5.41) is 0.399. The number of thiazole rings is 1. The van der Waals surface area contributed by atoms with Crippen molar-refractivity contribution in [1.82, 2.24) is 9.88 Å². The average molecular weight is 422 g/mol. The Morgan fingerprint density at radius 3 is 2.61 bits per heavy atom. The summed E-state index contributed by atoms with van der Waals surface area (Å²) in [7, 11) is 3.84. The van der Waals surface area contributed by atoms with E-state index in [1.807, 2.05) is 49.3 Å². The maximum absolute atomic E-state index is 14.0. The second-order valence-electron chi connectivity index (χ2n) is 6.49. The van der Waals surface area contributed by atoms with Crippen LogP contribution in [0.4, 0.5) is 13.9 Å². The van der Waals surface area contributed by atoms with E-state index >= 15 is 0 Å². The smallest absolute Gasteiger partial charge is 0.229 e. The second kappa shape index (κ2) is 9.45. The summed E-state index contributed by atoms with van der Waals surface area (Å²) in [6.07, 6.45) is 0.333. The van der Waals surface area contributed by atoms with Crippen LogP contribution < -0.4 is 4.90 Å². The van der Waals surface area contributed by atoms with E-state index in [2.05, 4.69) is 4.98 Å². The summed E-state index contributed by atoms with van der Waals surface area (Å²) in [4.78, 5) is 21.8. The number of thioether (sulfide) groups is 1. The lowest BCUT2D eigenvalue weighted by molar-refractivity contribution is -0.118. The lowest BCUT2D eigenvalue weighted by atomic mass is 10.3. The molecule has 0 fully saturated rings. The zero-order valence-electron chi connectivity index (χ0n) is 15.7. The van der Waals surface area contributed by atoms with Gasteiger partial charge in [0, 0.05) is 36.2 Å². The van der Waals surface area contributed by atoms with Gasteiger partial charge < -0.3 is 4.90 Å². The van der Waals surface area contributed by atoms with Gasteiger partial charge >= 0.3 is 0 Å². The highest BCUT2D eigenvalue weighted by Crippen LogP contribution is 2.31. The lowest BCUT2D eigenvalue weighted by Crippen LogP contribution is -2.36. The van der Waals surface area contributed by atoms with Gasteiger partial charge in [-0.2, -0.15) is 0 Å². The average Bonchev–Trinajstić information content (AvgIpc) is 3.06. The molecule has 0 saturated heterocycles. The molecule has 0 aliphatic rings. The van der Waals surface area contributed by atoms with Crippen LogP contribution in [-0.4, -0.2) is 48.7 Å². The van der Waals surface area contributed by atoms with Gasteiger partial charge in [0.25, 0.3) is 0 Å². The van der Waals surface area contributed by atoms with Crippen molar-refractivity contribution in [3.05, 3.63) is 54.1 Å². The number of amides is 1.